The summed E-state index contributed by atoms with van der Waals surface area (Å²) in [4.78, 5) is 0. The lowest BCUT2D eigenvalue weighted by Crippen LogP contribution is -2.36. The summed E-state index contributed by atoms with van der Waals surface area (Å²) < 4.78 is 4.84. The van der Waals surface area contributed by atoms with Crippen molar-refractivity contribution < 1.29 is 4.52 Å². The Hall–Kier alpha value is -0.830. The zero-order chi connectivity index (χ0) is 11.2. The monoisotopic (exact) mass is 222 g/mol. The van der Waals surface area contributed by atoms with Crippen molar-refractivity contribution >= 4 is 0 Å². The van der Waals surface area contributed by atoms with E-state index in [4.69, 9.17) is 4.52 Å². The van der Waals surface area contributed by atoms with Gasteiger partial charge in [0.05, 0.1) is 5.69 Å². The highest BCUT2D eigenvalue weighted by Crippen LogP contribution is 2.27. The minimum atomic E-state index is 0.650. The third-order valence-electron chi connectivity index (χ3n) is 3.70. The Labute approximate surface area is 97.6 Å². The van der Waals surface area contributed by atoms with E-state index in [0.717, 1.165) is 18.2 Å². The van der Waals surface area contributed by atoms with E-state index in [0.29, 0.717) is 6.04 Å². The van der Waals surface area contributed by atoms with E-state index in [1.54, 1.807) is 6.26 Å². The summed E-state index contributed by atoms with van der Waals surface area (Å²) in [6.07, 6.45) is 9.88. The lowest BCUT2D eigenvalue weighted by atomic mass is 9.83. The molecule has 1 aromatic heterocycles. The largest absolute Gasteiger partial charge is 0.364 e. The molecule has 0 radical (unpaired) electrons. The summed E-state index contributed by atoms with van der Waals surface area (Å²) in [5.41, 5.74) is 1.01. The van der Waals surface area contributed by atoms with Crippen LogP contribution in [0.3, 0.4) is 0 Å². The van der Waals surface area contributed by atoms with Crippen LogP contribution in [0.1, 0.15) is 51.1 Å². The average molecular weight is 222 g/mol. The Bertz CT molecular complexity index is 278. The summed E-state index contributed by atoms with van der Waals surface area (Å²) in [6.45, 7) is 3.11. The van der Waals surface area contributed by atoms with Gasteiger partial charge >= 0.3 is 0 Å². The van der Waals surface area contributed by atoms with Crippen LogP contribution in [0.2, 0.25) is 0 Å². The van der Waals surface area contributed by atoms with Crippen LogP contribution in [0.25, 0.3) is 0 Å². The van der Waals surface area contributed by atoms with Crippen LogP contribution in [0.5, 0.6) is 0 Å². The fourth-order valence-corrected chi connectivity index (χ4v) is 2.75. The maximum atomic E-state index is 4.84. The average Bonchev–Trinajstić information content (AvgIpc) is 2.84. The van der Waals surface area contributed by atoms with Crippen LogP contribution in [0, 0.1) is 5.92 Å². The third-order valence-corrected chi connectivity index (χ3v) is 3.70. The van der Waals surface area contributed by atoms with Gasteiger partial charge in [-0.2, -0.15) is 0 Å². The van der Waals surface area contributed by atoms with Gasteiger partial charge in [-0.25, -0.2) is 0 Å². The summed E-state index contributed by atoms with van der Waals surface area (Å²) >= 11 is 0. The normalized spacial score (nSPS) is 19.8. The fraction of sp³-hybridized carbons (Fsp3) is 0.769. The summed E-state index contributed by atoms with van der Waals surface area (Å²) in [6, 6.07) is 2.58. The molecule has 1 aromatic rings. The number of hydrogen-bond acceptors (Lipinski definition) is 3. The van der Waals surface area contributed by atoms with Crippen molar-refractivity contribution in [3.05, 3.63) is 18.0 Å². The van der Waals surface area contributed by atoms with Crippen molar-refractivity contribution in [2.24, 2.45) is 5.92 Å². The first-order chi connectivity index (χ1) is 7.90. The molecule has 0 aliphatic heterocycles. The molecule has 2 rings (SSSR count). The standard InChI is InChI=1S/C13H22N2O/c1-2-13(11-6-4-3-5-7-11)14-10-12-8-9-16-15-12/h8-9,11,13-14H,2-7,10H2,1H3. The molecular formula is C13H22N2O. The van der Waals surface area contributed by atoms with Crippen molar-refractivity contribution in [3.8, 4) is 0 Å². The smallest absolute Gasteiger partial charge is 0.124 e. The first-order valence-corrected chi connectivity index (χ1v) is 6.52. The molecule has 16 heavy (non-hydrogen) atoms. The fourth-order valence-electron chi connectivity index (χ4n) is 2.75. The zero-order valence-corrected chi connectivity index (χ0v) is 10.1. The zero-order valence-electron chi connectivity index (χ0n) is 10.1. The second-order valence-corrected chi connectivity index (χ2v) is 4.78. The van der Waals surface area contributed by atoms with Crippen LogP contribution in [-0.4, -0.2) is 11.2 Å². The van der Waals surface area contributed by atoms with Gasteiger partial charge in [0.25, 0.3) is 0 Å². The van der Waals surface area contributed by atoms with Gasteiger partial charge in [0.2, 0.25) is 0 Å². The van der Waals surface area contributed by atoms with Gasteiger partial charge in [-0.05, 0) is 25.2 Å². The van der Waals surface area contributed by atoms with Crippen LogP contribution in [-0.2, 0) is 6.54 Å². The van der Waals surface area contributed by atoms with E-state index in [1.807, 2.05) is 6.07 Å². The minimum absolute atomic E-state index is 0.650. The number of aromatic nitrogens is 1. The summed E-state index contributed by atoms with van der Waals surface area (Å²) in [5.74, 6) is 0.866. The van der Waals surface area contributed by atoms with Gasteiger partial charge in [-0.1, -0.05) is 31.3 Å². The van der Waals surface area contributed by atoms with E-state index in [1.165, 1.54) is 38.5 Å². The second kappa shape index (κ2) is 6.04. The van der Waals surface area contributed by atoms with Crippen molar-refractivity contribution in [3.63, 3.8) is 0 Å². The Morgan fingerprint density at radius 2 is 2.25 bits per heavy atom. The molecule has 1 N–H and O–H groups in total. The highest BCUT2D eigenvalue weighted by atomic mass is 16.5. The molecule has 0 bridgehead atoms. The van der Waals surface area contributed by atoms with Crippen molar-refractivity contribution in [2.75, 3.05) is 0 Å². The van der Waals surface area contributed by atoms with Gasteiger partial charge in [0, 0.05) is 18.7 Å². The van der Waals surface area contributed by atoms with Gasteiger partial charge < -0.3 is 9.84 Å². The molecule has 1 atom stereocenters. The molecule has 1 aliphatic rings. The first kappa shape index (κ1) is 11.6. The topological polar surface area (TPSA) is 38.1 Å². The Balaban J connectivity index is 1.80. The van der Waals surface area contributed by atoms with Crippen LogP contribution >= 0.6 is 0 Å². The molecule has 1 unspecified atom stereocenters. The Morgan fingerprint density at radius 1 is 1.44 bits per heavy atom. The summed E-state index contributed by atoms with van der Waals surface area (Å²) in [7, 11) is 0. The molecule has 1 fully saturated rings. The molecule has 3 heteroatoms. The molecule has 0 amide bonds. The molecule has 1 heterocycles. The van der Waals surface area contributed by atoms with Crippen molar-refractivity contribution in [2.45, 2.75) is 58.0 Å². The highest BCUT2D eigenvalue weighted by molar-refractivity contribution is 4.95. The molecule has 1 aliphatic carbocycles. The Morgan fingerprint density at radius 3 is 2.88 bits per heavy atom. The predicted octanol–water partition coefficient (Wildman–Crippen LogP) is 3.12. The SMILES string of the molecule is CCC(NCc1ccon1)C1CCCCC1. The first-order valence-electron chi connectivity index (χ1n) is 6.52. The van der Waals surface area contributed by atoms with Crippen LogP contribution in [0.4, 0.5) is 0 Å². The molecule has 0 spiro atoms. The second-order valence-electron chi connectivity index (χ2n) is 4.78. The number of nitrogens with one attached hydrogen (secondary N) is 1. The van der Waals surface area contributed by atoms with E-state index < -0.39 is 0 Å². The maximum absolute atomic E-state index is 4.84. The van der Waals surface area contributed by atoms with Gasteiger partial charge in [-0.15, -0.1) is 0 Å². The quantitative estimate of drug-likeness (QED) is 0.831. The lowest BCUT2D eigenvalue weighted by Gasteiger charge is -2.30. The van der Waals surface area contributed by atoms with Crippen LogP contribution in [0.15, 0.2) is 16.9 Å². The van der Waals surface area contributed by atoms with E-state index >= 15 is 0 Å². The minimum Gasteiger partial charge on any atom is -0.364 e. The summed E-state index contributed by atoms with van der Waals surface area (Å²) in [5, 5.41) is 7.55. The molecule has 0 aromatic carbocycles. The van der Waals surface area contributed by atoms with Gasteiger partial charge in [0.15, 0.2) is 0 Å². The molecule has 0 saturated heterocycles. The number of nitrogens with zero attached hydrogens (tertiary/aromatic N) is 1. The van der Waals surface area contributed by atoms with Crippen molar-refractivity contribution in [1.82, 2.24) is 10.5 Å². The van der Waals surface area contributed by atoms with Gasteiger partial charge in [-0.3, -0.25) is 0 Å². The van der Waals surface area contributed by atoms with E-state index in [-0.39, 0.29) is 0 Å². The van der Waals surface area contributed by atoms with Gasteiger partial charge in [0.1, 0.15) is 6.26 Å². The number of rotatable bonds is 5. The highest BCUT2D eigenvalue weighted by Gasteiger charge is 2.21. The Kier molecular flexibility index (Phi) is 4.40. The predicted molar refractivity (Wildman–Crippen MR) is 64.0 cm³/mol. The van der Waals surface area contributed by atoms with E-state index in [2.05, 4.69) is 17.4 Å². The molecular weight excluding hydrogens is 200 g/mol. The molecule has 90 valence electrons. The third kappa shape index (κ3) is 3.08. The van der Waals surface area contributed by atoms with Crippen LogP contribution < -0.4 is 5.32 Å². The van der Waals surface area contributed by atoms with Crippen molar-refractivity contribution in [1.29, 1.82) is 0 Å². The lowest BCUT2D eigenvalue weighted by molar-refractivity contribution is 0.260. The molecule has 3 nitrogen and oxygen atoms in total. The number of hydrogen-bond donors (Lipinski definition) is 1. The van der Waals surface area contributed by atoms with E-state index in [9.17, 15) is 0 Å². The maximum Gasteiger partial charge on any atom is 0.124 e. The molecule has 1 saturated carbocycles.